The number of carbonyl (C=O) groups is 1. The van der Waals surface area contributed by atoms with Crippen LogP contribution in [0.1, 0.15) is 11.7 Å². The van der Waals surface area contributed by atoms with Crippen LogP contribution in [0.2, 0.25) is 0 Å². The van der Waals surface area contributed by atoms with Gasteiger partial charge in [-0.05, 0) is 5.56 Å². The molecule has 0 amide bonds. The first kappa shape index (κ1) is 13.4. The molecule has 0 aromatic heterocycles. The number of hydrogen-bond donors (Lipinski definition) is 0. The van der Waals surface area contributed by atoms with E-state index in [4.69, 9.17) is 39.5 Å². The van der Waals surface area contributed by atoms with Crippen LogP contribution in [0.5, 0.6) is 0 Å². The van der Waals surface area contributed by atoms with Gasteiger partial charge in [0.2, 0.25) is 3.79 Å². The predicted octanol–water partition coefficient (Wildman–Crippen LogP) is 3.88. The number of alkyl halides is 3. The number of carbonyl (C=O) groups excluding carboxylic acids is 1. The molecule has 0 saturated carbocycles. The zero-order valence-electron chi connectivity index (χ0n) is 8.32. The van der Waals surface area contributed by atoms with Crippen molar-refractivity contribution in [1.82, 2.24) is 0 Å². The second-order valence-corrected chi connectivity index (χ2v) is 5.27. The van der Waals surface area contributed by atoms with Crippen LogP contribution >= 0.6 is 34.8 Å². The Bertz CT molecular complexity index is 348. The van der Waals surface area contributed by atoms with Gasteiger partial charge in [0.25, 0.3) is 0 Å². The molecule has 0 bridgehead atoms. The first-order valence-electron chi connectivity index (χ1n) is 4.31. The quantitative estimate of drug-likeness (QED) is 0.610. The second-order valence-electron chi connectivity index (χ2n) is 2.90. The van der Waals surface area contributed by atoms with Crippen LogP contribution in [0.25, 0.3) is 0 Å². The van der Waals surface area contributed by atoms with Gasteiger partial charge in [0.15, 0.2) is 6.10 Å². The zero-order valence-corrected chi connectivity index (χ0v) is 10.6. The molecule has 88 valence electrons. The van der Waals surface area contributed by atoms with Crippen molar-refractivity contribution in [3.05, 3.63) is 35.9 Å². The van der Waals surface area contributed by atoms with E-state index in [1.165, 1.54) is 7.11 Å². The predicted molar refractivity (Wildman–Crippen MR) is 63.0 cm³/mol. The molecule has 1 unspecified atom stereocenters. The lowest BCUT2D eigenvalue weighted by Gasteiger charge is -2.23. The first-order chi connectivity index (χ1) is 7.45. The van der Waals surface area contributed by atoms with Gasteiger partial charge in [0.1, 0.15) is 0 Å². The maximum absolute atomic E-state index is 11.0. The van der Waals surface area contributed by atoms with Crippen LogP contribution in [0.3, 0.4) is 0 Å². The van der Waals surface area contributed by atoms with E-state index in [-0.39, 0.29) is 0 Å². The average molecular weight is 284 g/mol. The summed E-state index contributed by atoms with van der Waals surface area (Å²) in [4.78, 5) is 11.0. The molecule has 0 aliphatic rings. The Kier molecular flexibility index (Phi) is 4.71. The van der Waals surface area contributed by atoms with Crippen molar-refractivity contribution in [2.75, 3.05) is 7.11 Å². The van der Waals surface area contributed by atoms with Crippen LogP contribution in [-0.2, 0) is 9.47 Å². The lowest BCUT2D eigenvalue weighted by molar-refractivity contribution is 0.0376. The number of rotatable bonds is 2. The van der Waals surface area contributed by atoms with Gasteiger partial charge in [-0.2, -0.15) is 0 Å². The molecular weight excluding hydrogens is 274 g/mol. The van der Waals surface area contributed by atoms with Crippen molar-refractivity contribution in [2.24, 2.45) is 0 Å². The van der Waals surface area contributed by atoms with Crippen molar-refractivity contribution in [2.45, 2.75) is 9.90 Å². The summed E-state index contributed by atoms with van der Waals surface area (Å²) in [5.74, 6) is 0. The van der Waals surface area contributed by atoms with Crippen molar-refractivity contribution in [1.29, 1.82) is 0 Å². The van der Waals surface area contributed by atoms with E-state index in [2.05, 4.69) is 4.74 Å². The van der Waals surface area contributed by atoms with Crippen LogP contribution in [-0.4, -0.2) is 17.1 Å². The van der Waals surface area contributed by atoms with E-state index in [9.17, 15) is 4.79 Å². The molecule has 1 rings (SSSR count). The van der Waals surface area contributed by atoms with E-state index in [0.717, 1.165) is 0 Å². The van der Waals surface area contributed by atoms with E-state index < -0.39 is 16.1 Å². The highest BCUT2D eigenvalue weighted by Crippen LogP contribution is 2.42. The number of halogens is 3. The molecule has 0 saturated heterocycles. The molecule has 0 fully saturated rings. The number of methoxy groups -OCH3 is 1. The van der Waals surface area contributed by atoms with Gasteiger partial charge in [-0.1, -0.05) is 65.1 Å². The van der Waals surface area contributed by atoms with Crippen molar-refractivity contribution >= 4 is 41.0 Å². The topological polar surface area (TPSA) is 35.5 Å². The van der Waals surface area contributed by atoms with Crippen LogP contribution in [0.4, 0.5) is 4.79 Å². The molecule has 6 heteroatoms. The SMILES string of the molecule is COC(=O)OC(c1ccccc1)C(Cl)(Cl)Cl. The Morgan fingerprint density at radius 3 is 2.25 bits per heavy atom. The van der Waals surface area contributed by atoms with E-state index >= 15 is 0 Å². The molecule has 0 N–H and O–H groups in total. The molecule has 1 aromatic carbocycles. The fourth-order valence-corrected chi connectivity index (χ4v) is 1.61. The highest BCUT2D eigenvalue weighted by Gasteiger charge is 2.37. The Balaban J connectivity index is 2.93. The standard InChI is InChI=1S/C10H9Cl3O3/c1-15-9(14)16-8(10(11,12)13)7-5-3-2-4-6-7/h2-6,8H,1H3. The molecule has 16 heavy (non-hydrogen) atoms. The Labute approximate surface area is 108 Å². The maximum atomic E-state index is 11.0. The molecule has 3 nitrogen and oxygen atoms in total. The van der Waals surface area contributed by atoms with Gasteiger partial charge in [0, 0.05) is 0 Å². The van der Waals surface area contributed by atoms with Crippen molar-refractivity contribution < 1.29 is 14.3 Å². The second kappa shape index (κ2) is 5.62. The summed E-state index contributed by atoms with van der Waals surface area (Å²) in [7, 11) is 1.18. The minimum atomic E-state index is -1.75. The smallest absolute Gasteiger partial charge is 0.438 e. The van der Waals surface area contributed by atoms with Gasteiger partial charge < -0.3 is 9.47 Å². The third-order valence-corrected chi connectivity index (χ3v) is 2.37. The molecule has 0 aliphatic carbocycles. The normalized spacial score (nSPS) is 13.0. The fraction of sp³-hybridized carbons (Fsp3) is 0.300. The van der Waals surface area contributed by atoms with Crippen LogP contribution in [0, 0.1) is 0 Å². The minimum Gasteiger partial charge on any atom is -0.438 e. The number of hydrogen-bond acceptors (Lipinski definition) is 3. The van der Waals surface area contributed by atoms with Gasteiger partial charge in [0.05, 0.1) is 7.11 Å². The molecule has 1 aromatic rings. The summed E-state index contributed by atoms with van der Waals surface area (Å²) in [6.07, 6.45) is -1.91. The first-order valence-corrected chi connectivity index (χ1v) is 5.45. The van der Waals surface area contributed by atoms with Gasteiger partial charge in [-0.25, -0.2) is 4.79 Å². The third kappa shape index (κ3) is 3.74. The van der Waals surface area contributed by atoms with Gasteiger partial charge in [-0.3, -0.25) is 0 Å². The summed E-state index contributed by atoms with van der Waals surface area (Å²) in [5, 5.41) is 0. The number of ether oxygens (including phenoxy) is 2. The Morgan fingerprint density at radius 1 is 1.25 bits per heavy atom. The lowest BCUT2D eigenvalue weighted by Crippen LogP contribution is -2.23. The Morgan fingerprint density at radius 2 is 1.81 bits per heavy atom. The van der Waals surface area contributed by atoms with Crippen molar-refractivity contribution in [3.63, 3.8) is 0 Å². The lowest BCUT2D eigenvalue weighted by atomic mass is 10.1. The molecule has 1 atom stereocenters. The van der Waals surface area contributed by atoms with E-state index in [1.54, 1.807) is 30.3 Å². The fourth-order valence-electron chi connectivity index (χ4n) is 1.10. The number of benzene rings is 1. The summed E-state index contributed by atoms with van der Waals surface area (Å²) in [6.45, 7) is 0. The van der Waals surface area contributed by atoms with Gasteiger partial charge >= 0.3 is 6.16 Å². The summed E-state index contributed by atoms with van der Waals surface area (Å²) < 4.78 is 7.50. The highest BCUT2D eigenvalue weighted by molar-refractivity contribution is 6.68. The molecular formula is C10H9Cl3O3. The highest BCUT2D eigenvalue weighted by atomic mass is 35.6. The molecule has 0 heterocycles. The summed E-state index contributed by atoms with van der Waals surface area (Å²) in [5.41, 5.74) is 0.577. The summed E-state index contributed by atoms with van der Waals surface area (Å²) >= 11 is 17.2. The van der Waals surface area contributed by atoms with E-state index in [1.807, 2.05) is 0 Å². The molecule has 0 aliphatic heterocycles. The maximum Gasteiger partial charge on any atom is 0.508 e. The van der Waals surface area contributed by atoms with Crippen LogP contribution in [0.15, 0.2) is 30.3 Å². The molecule has 0 radical (unpaired) electrons. The van der Waals surface area contributed by atoms with Crippen LogP contribution < -0.4 is 0 Å². The Hall–Kier alpha value is -0.640. The zero-order chi connectivity index (χ0) is 12.2. The minimum absolute atomic E-state index is 0.577. The van der Waals surface area contributed by atoms with Gasteiger partial charge in [-0.15, -0.1) is 0 Å². The largest absolute Gasteiger partial charge is 0.508 e. The monoisotopic (exact) mass is 282 g/mol. The molecule has 0 spiro atoms. The van der Waals surface area contributed by atoms with E-state index in [0.29, 0.717) is 5.56 Å². The summed E-state index contributed by atoms with van der Waals surface area (Å²) in [6, 6.07) is 8.68. The average Bonchev–Trinajstić information content (AvgIpc) is 2.25. The van der Waals surface area contributed by atoms with Crippen molar-refractivity contribution in [3.8, 4) is 0 Å². The third-order valence-electron chi connectivity index (χ3n) is 1.78.